The lowest BCUT2D eigenvalue weighted by molar-refractivity contribution is -0.139. The first-order chi connectivity index (χ1) is 6.11. The Labute approximate surface area is 76.9 Å². The lowest BCUT2D eigenvalue weighted by Crippen LogP contribution is -2.26. The summed E-state index contributed by atoms with van der Waals surface area (Å²) in [4.78, 5) is 10.5. The first-order valence-electron chi connectivity index (χ1n) is 4.55. The van der Waals surface area contributed by atoms with Gasteiger partial charge in [0.2, 0.25) is 0 Å². The molecule has 1 N–H and O–H groups in total. The molecule has 3 atom stereocenters. The van der Waals surface area contributed by atoms with Gasteiger partial charge in [0.05, 0.1) is 6.42 Å². The van der Waals surface area contributed by atoms with Crippen LogP contribution in [0.1, 0.15) is 19.8 Å². The molecule has 0 bridgehead atoms. The highest BCUT2D eigenvalue weighted by Crippen LogP contribution is 2.28. The minimum atomic E-state index is -1.07. The molecule has 0 aliphatic carbocycles. The molecule has 1 heterocycles. The van der Waals surface area contributed by atoms with Crippen molar-refractivity contribution in [2.45, 2.75) is 25.9 Å². The Hall–Kier alpha value is -0.640. The van der Waals surface area contributed by atoms with Crippen LogP contribution in [0.4, 0.5) is 4.39 Å². The summed E-state index contributed by atoms with van der Waals surface area (Å²) in [5.74, 6) is -1.24. The van der Waals surface area contributed by atoms with Crippen molar-refractivity contribution in [3.05, 3.63) is 0 Å². The molecule has 13 heavy (non-hydrogen) atoms. The van der Waals surface area contributed by atoms with Gasteiger partial charge in [-0.05, 0) is 19.3 Å². The molecule has 1 fully saturated rings. The van der Waals surface area contributed by atoms with Gasteiger partial charge in [0, 0.05) is 19.1 Å². The Morgan fingerprint density at radius 2 is 2.46 bits per heavy atom. The number of carboxylic acids is 1. The van der Waals surface area contributed by atoms with Gasteiger partial charge in [0.1, 0.15) is 6.17 Å². The van der Waals surface area contributed by atoms with Crippen molar-refractivity contribution in [3.63, 3.8) is 0 Å². The highest BCUT2D eigenvalue weighted by atomic mass is 19.1. The van der Waals surface area contributed by atoms with Crippen LogP contribution in [0, 0.1) is 11.8 Å². The zero-order valence-corrected chi connectivity index (χ0v) is 7.70. The number of hydrogen-bond donors (Lipinski definition) is 1. The summed E-state index contributed by atoms with van der Waals surface area (Å²) in [5, 5.41) is 8.59. The number of carboxylic acid groups (broad SMARTS) is 1. The number of hydrogen-bond acceptors (Lipinski definition) is 2. The van der Waals surface area contributed by atoms with Gasteiger partial charge in [-0.25, -0.2) is 4.39 Å². The Morgan fingerprint density at radius 1 is 1.77 bits per heavy atom. The smallest absolute Gasteiger partial charge is 0.303 e. The predicted octanol–water partition coefficient (Wildman–Crippen LogP) is 1.47. The molecule has 1 aliphatic rings. The number of rotatable bonds is 4. The summed E-state index contributed by atoms with van der Waals surface area (Å²) < 4.78 is 18.2. The van der Waals surface area contributed by atoms with Gasteiger partial charge in [-0.3, -0.25) is 4.79 Å². The topological polar surface area (TPSA) is 46.5 Å². The van der Waals surface area contributed by atoms with Crippen LogP contribution in [0.5, 0.6) is 0 Å². The van der Waals surface area contributed by atoms with E-state index < -0.39 is 12.1 Å². The third-order valence-corrected chi connectivity index (χ3v) is 2.57. The van der Waals surface area contributed by atoms with E-state index in [2.05, 4.69) is 0 Å². The first kappa shape index (κ1) is 10.4. The van der Waals surface area contributed by atoms with Crippen LogP contribution in [0.25, 0.3) is 0 Å². The van der Waals surface area contributed by atoms with Crippen LogP contribution in [0.3, 0.4) is 0 Å². The Bertz CT molecular complexity index is 176. The van der Waals surface area contributed by atoms with Gasteiger partial charge in [0.25, 0.3) is 0 Å². The second-order valence-corrected chi connectivity index (χ2v) is 3.56. The van der Waals surface area contributed by atoms with Crippen molar-refractivity contribution in [1.29, 1.82) is 0 Å². The molecule has 1 rings (SSSR count). The van der Waals surface area contributed by atoms with Gasteiger partial charge in [-0.1, -0.05) is 0 Å². The number of carbonyl (C=O) groups is 1. The van der Waals surface area contributed by atoms with Gasteiger partial charge >= 0.3 is 5.97 Å². The number of ether oxygens (including phenoxy) is 1. The van der Waals surface area contributed by atoms with Crippen molar-refractivity contribution in [1.82, 2.24) is 0 Å². The highest BCUT2D eigenvalue weighted by Gasteiger charge is 2.31. The minimum Gasteiger partial charge on any atom is -0.481 e. The van der Waals surface area contributed by atoms with Crippen molar-refractivity contribution >= 4 is 5.97 Å². The van der Waals surface area contributed by atoms with E-state index in [1.54, 1.807) is 0 Å². The lowest BCUT2D eigenvalue weighted by Gasteiger charge is -2.21. The minimum absolute atomic E-state index is 0.0797. The predicted molar refractivity (Wildman–Crippen MR) is 45.2 cm³/mol. The van der Waals surface area contributed by atoms with Gasteiger partial charge in [-0.2, -0.15) is 0 Å². The normalized spacial score (nSPS) is 27.1. The Morgan fingerprint density at radius 3 is 2.85 bits per heavy atom. The summed E-state index contributed by atoms with van der Waals surface area (Å²) in [6.07, 6.45) is -0.374. The van der Waals surface area contributed by atoms with Crippen molar-refractivity contribution < 1.29 is 19.0 Å². The lowest BCUT2D eigenvalue weighted by atomic mass is 9.86. The molecule has 1 aliphatic heterocycles. The van der Waals surface area contributed by atoms with Crippen LogP contribution in [0.2, 0.25) is 0 Å². The van der Waals surface area contributed by atoms with Crippen LogP contribution in [0.15, 0.2) is 0 Å². The maximum Gasteiger partial charge on any atom is 0.303 e. The summed E-state index contributed by atoms with van der Waals surface area (Å²) in [6.45, 7) is 2.56. The number of alkyl halides is 1. The molecule has 0 aromatic carbocycles. The van der Waals surface area contributed by atoms with Gasteiger partial charge < -0.3 is 9.84 Å². The maximum absolute atomic E-state index is 13.1. The summed E-state index contributed by atoms with van der Waals surface area (Å²) in [5.41, 5.74) is 0. The molecule has 0 spiro atoms. The molecular formula is C9H15FO3. The number of aliphatic carboxylic acids is 1. The quantitative estimate of drug-likeness (QED) is 0.730. The average molecular weight is 190 g/mol. The fourth-order valence-electron chi connectivity index (χ4n) is 1.80. The van der Waals surface area contributed by atoms with E-state index in [4.69, 9.17) is 9.84 Å². The Balaban J connectivity index is 2.50. The first-order valence-corrected chi connectivity index (χ1v) is 4.55. The molecule has 0 saturated carbocycles. The fourth-order valence-corrected chi connectivity index (χ4v) is 1.80. The molecule has 1 saturated heterocycles. The summed E-state index contributed by atoms with van der Waals surface area (Å²) >= 11 is 0. The van der Waals surface area contributed by atoms with E-state index in [1.165, 1.54) is 6.92 Å². The average Bonchev–Trinajstić information content (AvgIpc) is 2.50. The van der Waals surface area contributed by atoms with Gasteiger partial charge in [-0.15, -0.1) is 0 Å². The fraction of sp³-hybridized carbons (Fsp3) is 0.889. The molecule has 3 nitrogen and oxygen atoms in total. The molecule has 4 heteroatoms. The molecule has 0 aromatic heterocycles. The summed E-state index contributed by atoms with van der Waals surface area (Å²) in [7, 11) is 0. The van der Waals surface area contributed by atoms with E-state index in [-0.39, 0.29) is 18.3 Å². The van der Waals surface area contributed by atoms with E-state index in [0.717, 1.165) is 6.42 Å². The Kier molecular flexibility index (Phi) is 3.66. The zero-order chi connectivity index (χ0) is 9.84. The SMILES string of the molecule is CC(F)C(CC(=O)O)C1CCOC1. The number of halogens is 1. The van der Waals surface area contributed by atoms with E-state index in [0.29, 0.717) is 13.2 Å². The van der Waals surface area contributed by atoms with Crippen LogP contribution in [-0.2, 0) is 9.53 Å². The standard InChI is InChI=1S/C9H15FO3/c1-6(10)8(4-9(11)12)7-2-3-13-5-7/h6-8H,2-5H2,1H3,(H,11,12). The summed E-state index contributed by atoms with van der Waals surface area (Å²) in [6, 6.07) is 0. The second-order valence-electron chi connectivity index (χ2n) is 3.56. The molecule has 0 aromatic rings. The maximum atomic E-state index is 13.1. The molecule has 0 radical (unpaired) electrons. The zero-order valence-electron chi connectivity index (χ0n) is 7.70. The van der Waals surface area contributed by atoms with E-state index in [9.17, 15) is 9.18 Å². The highest BCUT2D eigenvalue weighted by molar-refractivity contribution is 5.67. The third-order valence-electron chi connectivity index (χ3n) is 2.57. The largest absolute Gasteiger partial charge is 0.481 e. The van der Waals surface area contributed by atoms with Gasteiger partial charge in [0.15, 0.2) is 0 Å². The van der Waals surface area contributed by atoms with Crippen molar-refractivity contribution in [2.24, 2.45) is 11.8 Å². The molecule has 3 unspecified atom stereocenters. The third kappa shape index (κ3) is 2.95. The monoisotopic (exact) mass is 190 g/mol. The molecular weight excluding hydrogens is 175 g/mol. The molecule has 76 valence electrons. The van der Waals surface area contributed by atoms with E-state index in [1.807, 2.05) is 0 Å². The van der Waals surface area contributed by atoms with E-state index >= 15 is 0 Å². The van der Waals surface area contributed by atoms with Crippen molar-refractivity contribution in [3.8, 4) is 0 Å². The van der Waals surface area contributed by atoms with Crippen LogP contribution < -0.4 is 0 Å². The van der Waals surface area contributed by atoms with Crippen molar-refractivity contribution in [2.75, 3.05) is 13.2 Å². The molecule has 0 amide bonds. The van der Waals surface area contributed by atoms with Crippen LogP contribution >= 0.6 is 0 Å². The second kappa shape index (κ2) is 4.56. The van der Waals surface area contributed by atoms with Crippen LogP contribution in [-0.4, -0.2) is 30.5 Å².